The second kappa shape index (κ2) is 16.2. The molecule has 0 saturated carbocycles. The quantitative estimate of drug-likeness (QED) is 0.155. The fraction of sp³-hybridized carbons (Fsp3) is 0.278. The summed E-state index contributed by atoms with van der Waals surface area (Å²) < 4.78 is 34.7. The molecule has 8 nitrogen and oxygen atoms in total. The molecule has 4 aromatic carbocycles. The van der Waals surface area contributed by atoms with E-state index in [1.54, 1.807) is 54.6 Å². The van der Waals surface area contributed by atoms with Crippen molar-refractivity contribution in [2.75, 3.05) is 24.5 Å². The molecule has 0 aromatic heterocycles. The Kier molecular flexibility index (Phi) is 12.3. The number of nitrogens with zero attached hydrogens (tertiary/aromatic N) is 2. The topological polar surface area (TPSA) is 96.0 Å². The van der Waals surface area contributed by atoms with Crippen LogP contribution in [0.2, 0.25) is 10.0 Å². The van der Waals surface area contributed by atoms with Crippen molar-refractivity contribution in [3.63, 3.8) is 0 Å². The third-order valence-electron chi connectivity index (χ3n) is 7.56. The highest BCUT2D eigenvalue weighted by molar-refractivity contribution is 7.92. The van der Waals surface area contributed by atoms with Crippen LogP contribution in [-0.4, -0.2) is 51.4 Å². The molecular formula is C36H39Cl2N3O5S. The summed E-state index contributed by atoms with van der Waals surface area (Å²) in [5.41, 5.74) is 2.61. The van der Waals surface area contributed by atoms with Crippen molar-refractivity contribution >= 4 is 50.7 Å². The summed E-state index contributed by atoms with van der Waals surface area (Å²) in [5.74, 6) is -0.294. The van der Waals surface area contributed by atoms with Crippen molar-refractivity contribution in [3.8, 4) is 5.75 Å². The van der Waals surface area contributed by atoms with Gasteiger partial charge in [-0.3, -0.25) is 13.9 Å². The maximum absolute atomic E-state index is 14.6. The molecule has 0 aliphatic carbocycles. The van der Waals surface area contributed by atoms with Crippen LogP contribution in [0.1, 0.15) is 30.5 Å². The molecule has 0 saturated heterocycles. The predicted molar refractivity (Wildman–Crippen MR) is 187 cm³/mol. The van der Waals surface area contributed by atoms with E-state index in [9.17, 15) is 18.0 Å². The van der Waals surface area contributed by atoms with Crippen LogP contribution in [0.5, 0.6) is 5.75 Å². The summed E-state index contributed by atoms with van der Waals surface area (Å²) in [7, 11) is -2.76. The molecule has 0 aliphatic rings. The first-order chi connectivity index (χ1) is 22.4. The highest BCUT2D eigenvalue weighted by Gasteiger charge is 2.35. The van der Waals surface area contributed by atoms with Gasteiger partial charge in [-0.05, 0) is 72.5 Å². The number of anilines is 1. The zero-order chi connectivity index (χ0) is 34.1. The van der Waals surface area contributed by atoms with Gasteiger partial charge in [-0.2, -0.15) is 0 Å². The molecule has 0 unspecified atom stereocenters. The second-order valence-corrected chi connectivity index (χ2v) is 14.3. The average molecular weight is 697 g/mol. The molecule has 2 amide bonds. The van der Waals surface area contributed by atoms with Gasteiger partial charge in [0.05, 0.1) is 17.7 Å². The van der Waals surface area contributed by atoms with Crippen LogP contribution in [0.4, 0.5) is 5.69 Å². The average Bonchev–Trinajstić information content (AvgIpc) is 3.05. The molecule has 0 radical (unpaired) electrons. The van der Waals surface area contributed by atoms with Crippen LogP contribution in [0.3, 0.4) is 0 Å². The van der Waals surface area contributed by atoms with Crippen LogP contribution >= 0.6 is 23.2 Å². The number of hydrogen-bond donors (Lipinski definition) is 1. The molecule has 0 spiro atoms. The number of aryl methyl sites for hydroxylation is 1. The number of methoxy groups -OCH3 is 1. The van der Waals surface area contributed by atoms with Crippen molar-refractivity contribution in [2.45, 2.75) is 44.7 Å². The lowest BCUT2D eigenvalue weighted by molar-refractivity contribution is -0.140. The Labute approximate surface area is 287 Å². The molecule has 4 rings (SSSR count). The molecule has 1 atom stereocenters. The van der Waals surface area contributed by atoms with Crippen LogP contribution in [0.15, 0.2) is 102 Å². The number of nitrogens with one attached hydrogen (secondary N) is 1. The number of rotatable bonds is 14. The standard InChI is InChI=1S/C36H39Cl2N3O5S/c1-25(2)22-39-36(43)34(20-27-8-6-5-7-9-27)40(23-28-12-13-29(37)21-33(28)38)35(42)24-41(30-14-10-26(3)11-15-30)47(44,45)32-18-16-31(46-4)17-19-32/h5-19,21,25,34H,20,22-24H2,1-4H3,(H,39,43)/t34-/m0/s1. The Morgan fingerprint density at radius 2 is 1.55 bits per heavy atom. The Bertz CT molecular complexity index is 1770. The monoisotopic (exact) mass is 695 g/mol. The lowest BCUT2D eigenvalue weighted by Crippen LogP contribution is -2.53. The fourth-order valence-electron chi connectivity index (χ4n) is 4.92. The zero-order valence-corrected chi connectivity index (χ0v) is 29.1. The molecule has 0 aliphatic heterocycles. The number of carbonyl (C=O) groups excluding carboxylic acids is 2. The number of halogens is 2. The number of hydrogen-bond acceptors (Lipinski definition) is 5. The minimum Gasteiger partial charge on any atom is -0.497 e. The van der Waals surface area contributed by atoms with Crippen molar-refractivity contribution in [3.05, 3.63) is 124 Å². The van der Waals surface area contributed by atoms with Gasteiger partial charge in [0, 0.05) is 29.6 Å². The Hall–Kier alpha value is -4.05. The van der Waals surface area contributed by atoms with Gasteiger partial charge in [0.2, 0.25) is 11.8 Å². The van der Waals surface area contributed by atoms with Crippen molar-refractivity contribution in [2.24, 2.45) is 5.92 Å². The summed E-state index contributed by atoms with van der Waals surface area (Å²) in [6, 6.07) is 26.1. The van der Waals surface area contributed by atoms with Gasteiger partial charge in [0.15, 0.2) is 0 Å². The highest BCUT2D eigenvalue weighted by atomic mass is 35.5. The van der Waals surface area contributed by atoms with Gasteiger partial charge in [-0.15, -0.1) is 0 Å². The summed E-state index contributed by atoms with van der Waals surface area (Å²) in [4.78, 5) is 29.9. The van der Waals surface area contributed by atoms with E-state index in [2.05, 4.69) is 5.32 Å². The number of amides is 2. The van der Waals surface area contributed by atoms with Crippen LogP contribution in [0.25, 0.3) is 0 Å². The lowest BCUT2D eigenvalue weighted by Gasteiger charge is -2.34. The van der Waals surface area contributed by atoms with Gasteiger partial charge in [-0.1, -0.05) is 91.1 Å². The summed E-state index contributed by atoms with van der Waals surface area (Å²) in [6.07, 6.45) is 0.192. The molecular weight excluding hydrogens is 657 g/mol. The molecule has 4 aromatic rings. The smallest absolute Gasteiger partial charge is 0.264 e. The summed E-state index contributed by atoms with van der Waals surface area (Å²) >= 11 is 12.8. The third kappa shape index (κ3) is 9.50. The van der Waals surface area contributed by atoms with Gasteiger partial charge in [0.25, 0.3) is 10.0 Å². The maximum Gasteiger partial charge on any atom is 0.264 e. The molecule has 0 fully saturated rings. The Balaban J connectivity index is 1.81. The molecule has 11 heteroatoms. The normalized spacial score (nSPS) is 12.0. The first-order valence-electron chi connectivity index (χ1n) is 15.2. The van der Waals surface area contributed by atoms with E-state index in [4.69, 9.17) is 27.9 Å². The van der Waals surface area contributed by atoms with E-state index in [1.807, 2.05) is 51.1 Å². The molecule has 1 N–H and O–H groups in total. The van der Waals surface area contributed by atoms with Crippen molar-refractivity contribution < 1.29 is 22.7 Å². The minimum atomic E-state index is -4.25. The second-order valence-electron chi connectivity index (χ2n) is 11.6. The van der Waals surface area contributed by atoms with E-state index in [1.165, 1.54) is 24.1 Å². The summed E-state index contributed by atoms with van der Waals surface area (Å²) in [5, 5.41) is 3.71. The van der Waals surface area contributed by atoms with E-state index in [0.717, 1.165) is 15.4 Å². The van der Waals surface area contributed by atoms with Gasteiger partial charge in [0.1, 0.15) is 18.3 Å². The van der Waals surface area contributed by atoms with Crippen LogP contribution < -0.4 is 14.4 Å². The van der Waals surface area contributed by atoms with Crippen LogP contribution in [-0.2, 0) is 32.6 Å². The lowest BCUT2D eigenvalue weighted by atomic mass is 10.0. The summed E-state index contributed by atoms with van der Waals surface area (Å²) in [6.45, 7) is 5.60. The van der Waals surface area contributed by atoms with Gasteiger partial charge in [-0.25, -0.2) is 8.42 Å². The highest BCUT2D eigenvalue weighted by Crippen LogP contribution is 2.28. The van der Waals surface area contributed by atoms with Crippen LogP contribution in [0, 0.1) is 12.8 Å². The largest absolute Gasteiger partial charge is 0.497 e. The first-order valence-corrected chi connectivity index (χ1v) is 17.4. The molecule has 47 heavy (non-hydrogen) atoms. The van der Waals surface area contributed by atoms with E-state index >= 15 is 0 Å². The van der Waals surface area contributed by atoms with E-state index in [0.29, 0.717) is 33.6 Å². The van der Waals surface area contributed by atoms with Gasteiger partial charge >= 0.3 is 0 Å². The van der Waals surface area contributed by atoms with E-state index in [-0.39, 0.29) is 29.7 Å². The van der Waals surface area contributed by atoms with Crippen molar-refractivity contribution in [1.82, 2.24) is 10.2 Å². The number of sulfonamides is 1. The third-order valence-corrected chi connectivity index (χ3v) is 9.93. The van der Waals surface area contributed by atoms with Gasteiger partial charge < -0.3 is 15.0 Å². The molecule has 0 bridgehead atoms. The number of carbonyl (C=O) groups is 2. The zero-order valence-electron chi connectivity index (χ0n) is 26.8. The number of benzene rings is 4. The number of ether oxygens (including phenoxy) is 1. The first kappa shape index (κ1) is 35.8. The SMILES string of the molecule is COc1ccc(S(=O)(=O)N(CC(=O)N(Cc2ccc(Cl)cc2Cl)[C@@H](Cc2ccccc2)C(=O)NCC(C)C)c2ccc(C)cc2)cc1. The maximum atomic E-state index is 14.6. The Morgan fingerprint density at radius 1 is 0.894 bits per heavy atom. The van der Waals surface area contributed by atoms with E-state index < -0.39 is 28.5 Å². The molecule has 0 heterocycles. The predicted octanol–water partition coefficient (Wildman–Crippen LogP) is 6.92. The fourth-order valence-corrected chi connectivity index (χ4v) is 6.81. The Morgan fingerprint density at radius 3 is 2.15 bits per heavy atom. The molecule has 248 valence electrons. The van der Waals surface area contributed by atoms with Crippen molar-refractivity contribution in [1.29, 1.82) is 0 Å². The minimum absolute atomic E-state index is 0.0190.